The van der Waals surface area contributed by atoms with Crippen molar-refractivity contribution in [2.45, 2.75) is 26.2 Å². The Kier molecular flexibility index (Phi) is 4.22. The number of carboxylic acids is 1. The Hall–Kier alpha value is -1.81. The van der Waals surface area contributed by atoms with Crippen molar-refractivity contribution in [2.75, 3.05) is 0 Å². The lowest BCUT2D eigenvalue weighted by atomic mass is 10.0. The molecule has 2 N–H and O–H groups in total. The van der Waals surface area contributed by atoms with Gasteiger partial charge in [-0.2, -0.15) is 5.10 Å². The first-order valence-corrected chi connectivity index (χ1v) is 6.58. The highest BCUT2D eigenvalue weighted by Gasteiger charge is 2.21. The third kappa shape index (κ3) is 2.79. The molecular weight excluding hydrogens is 264 g/mol. The Morgan fingerprint density at radius 3 is 2.79 bits per heavy atom. The maximum absolute atomic E-state index is 11.4. The molecule has 0 unspecified atom stereocenters. The quantitative estimate of drug-likeness (QED) is 0.875. The van der Waals surface area contributed by atoms with E-state index in [1.807, 2.05) is 6.07 Å². The highest BCUT2D eigenvalue weighted by Crippen LogP contribution is 2.30. The standard InChI is InChI=1S/C14H15ClN2O2/c1-2-3-8-11-12(14(18)19)13(17-16-11)9-6-4-5-7-10(9)15/h4-7H,2-3,8H2,1H3,(H,16,17)(H,18,19). The van der Waals surface area contributed by atoms with Gasteiger partial charge in [0.15, 0.2) is 0 Å². The number of unbranched alkanes of at least 4 members (excludes halogenated alkanes) is 1. The van der Waals surface area contributed by atoms with Crippen LogP contribution in [0.15, 0.2) is 24.3 Å². The molecule has 5 heteroatoms. The molecule has 2 rings (SSSR count). The van der Waals surface area contributed by atoms with Gasteiger partial charge in [0.2, 0.25) is 0 Å². The number of rotatable bonds is 5. The summed E-state index contributed by atoms with van der Waals surface area (Å²) in [5, 5.41) is 16.8. The maximum Gasteiger partial charge on any atom is 0.339 e. The molecule has 0 spiro atoms. The molecule has 1 aromatic heterocycles. The lowest BCUT2D eigenvalue weighted by Gasteiger charge is -2.03. The number of aromatic carboxylic acids is 1. The molecule has 0 fully saturated rings. The summed E-state index contributed by atoms with van der Waals surface area (Å²) in [4.78, 5) is 11.4. The van der Waals surface area contributed by atoms with Gasteiger partial charge in [-0.3, -0.25) is 5.10 Å². The number of nitrogens with one attached hydrogen (secondary N) is 1. The molecule has 0 aliphatic carbocycles. The Bertz CT molecular complexity index is 593. The van der Waals surface area contributed by atoms with Crippen molar-refractivity contribution in [1.29, 1.82) is 0 Å². The first-order valence-electron chi connectivity index (χ1n) is 6.20. The van der Waals surface area contributed by atoms with Crippen LogP contribution in [0.5, 0.6) is 0 Å². The van der Waals surface area contributed by atoms with Crippen molar-refractivity contribution < 1.29 is 9.90 Å². The van der Waals surface area contributed by atoms with Gasteiger partial charge in [0.1, 0.15) is 11.3 Å². The molecular formula is C14H15ClN2O2. The number of H-pyrrole nitrogens is 1. The van der Waals surface area contributed by atoms with Crippen LogP contribution in [0.1, 0.15) is 35.8 Å². The van der Waals surface area contributed by atoms with Gasteiger partial charge < -0.3 is 5.11 Å². The summed E-state index contributed by atoms with van der Waals surface area (Å²) >= 11 is 6.10. The van der Waals surface area contributed by atoms with Gasteiger partial charge in [-0.15, -0.1) is 0 Å². The average Bonchev–Trinajstić information content (AvgIpc) is 2.80. The van der Waals surface area contributed by atoms with Crippen molar-refractivity contribution in [3.63, 3.8) is 0 Å². The topological polar surface area (TPSA) is 66.0 Å². The Balaban J connectivity index is 2.49. The molecule has 0 atom stereocenters. The zero-order chi connectivity index (χ0) is 13.8. The average molecular weight is 279 g/mol. The Morgan fingerprint density at radius 2 is 2.16 bits per heavy atom. The lowest BCUT2D eigenvalue weighted by molar-refractivity contribution is 0.0696. The van der Waals surface area contributed by atoms with Gasteiger partial charge in [-0.25, -0.2) is 4.79 Å². The number of benzene rings is 1. The van der Waals surface area contributed by atoms with Crippen molar-refractivity contribution in [2.24, 2.45) is 0 Å². The molecule has 2 aromatic rings. The highest BCUT2D eigenvalue weighted by atomic mass is 35.5. The molecule has 0 amide bonds. The van der Waals surface area contributed by atoms with Crippen molar-refractivity contribution in [1.82, 2.24) is 10.2 Å². The number of aryl methyl sites for hydroxylation is 1. The molecule has 19 heavy (non-hydrogen) atoms. The van der Waals surface area contributed by atoms with Crippen LogP contribution in [0.3, 0.4) is 0 Å². The third-order valence-corrected chi connectivity index (χ3v) is 3.29. The van der Waals surface area contributed by atoms with Crippen molar-refractivity contribution >= 4 is 17.6 Å². The van der Waals surface area contributed by atoms with Crippen LogP contribution in [0.2, 0.25) is 5.02 Å². The number of hydrogen-bond acceptors (Lipinski definition) is 2. The van der Waals surface area contributed by atoms with Crippen LogP contribution >= 0.6 is 11.6 Å². The van der Waals surface area contributed by atoms with Crippen LogP contribution in [-0.2, 0) is 6.42 Å². The Labute approximate surface area is 116 Å². The van der Waals surface area contributed by atoms with E-state index in [2.05, 4.69) is 17.1 Å². The number of nitrogens with zero attached hydrogens (tertiary/aromatic N) is 1. The van der Waals surface area contributed by atoms with Gasteiger partial charge >= 0.3 is 5.97 Å². The van der Waals surface area contributed by atoms with E-state index in [0.29, 0.717) is 28.4 Å². The van der Waals surface area contributed by atoms with E-state index in [1.54, 1.807) is 18.2 Å². The normalized spacial score (nSPS) is 10.6. The number of aromatic nitrogens is 2. The van der Waals surface area contributed by atoms with Gasteiger partial charge in [0.25, 0.3) is 0 Å². The van der Waals surface area contributed by atoms with Crippen LogP contribution in [0.25, 0.3) is 11.3 Å². The SMILES string of the molecule is CCCCc1[nH]nc(-c2ccccc2Cl)c1C(=O)O. The molecule has 100 valence electrons. The molecule has 0 radical (unpaired) electrons. The minimum absolute atomic E-state index is 0.224. The summed E-state index contributed by atoms with van der Waals surface area (Å²) in [5.74, 6) is -0.977. The molecule has 1 heterocycles. The fourth-order valence-electron chi connectivity index (χ4n) is 1.99. The van der Waals surface area contributed by atoms with Crippen molar-refractivity contribution in [3.8, 4) is 11.3 Å². The zero-order valence-electron chi connectivity index (χ0n) is 10.6. The number of carboxylic acid groups (broad SMARTS) is 1. The molecule has 0 aliphatic rings. The predicted octanol–water partition coefficient (Wildman–Crippen LogP) is 3.77. The van der Waals surface area contributed by atoms with Crippen LogP contribution in [0.4, 0.5) is 0 Å². The molecule has 1 aromatic carbocycles. The molecule has 0 saturated heterocycles. The maximum atomic E-state index is 11.4. The van der Waals surface area contributed by atoms with E-state index in [9.17, 15) is 9.90 Å². The van der Waals surface area contributed by atoms with Crippen molar-refractivity contribution in [3.05, 3.63) is 40.5 Å². The van der Waals surface area contributed by atoms with Gasteiger partial charge in [-0.05, 0) is 18.9 Å². The first-order chi connectivity index (χ1) is 9.15. The Morgan fingerprint density at radius 1 is 1.42 bits per heavy atom. The van der Waals surface area contributed by atoms with Gasteiger partial charge in [0, 0.05) is 5.56 Å². The lowest BCUT2D eigenvalue weighted by Crippen LogP contribution is -2.02. The highest BCUT2D eigenvalue weighted by molar-refractivity contribution is 6.33. The minimum atomic E-state index is -0.977. The van der Waals surface area contributed by atoms with E-state index in [4.69, 9.17) is 11.6 Å². The summed E-state index contributed by atoms with van der Waals surface area (Å²) in [5.41, 5.74) is 1.93. The summed E-state index contributed by atoms with van der Waals surface area (Å²) in [6, 6.07) is 7.11. The number of halogens is 1. The number of aromatic amines is 1. The first kappa shape index (κ1) is 13.6. The van der Waals surface area contributed by atoms with Gasteiger partial charge in [-0.1, -0.05) is 43.1 Å². The van der Waals surface area contributed by atoms with Crippen LogP contribution in [-0.4, -0.2) is 21.3 Å². The van der Waals surface area contributed by atoms with E-state index >= 15 is 0 Å². The second-order valence-electron chi connectivity index (χ2n) is 4.31. The summed E-state index contributed by atoms with van der Waals surface area (Å²) in [6.45, 7) is 2.06. The van der Waals surface area contributed by atoms with Crippen LogP contribution < -0.4 is 0 Å². The number of hydrogen-bond donors (Lipinski definition) is 2. The molecule has 0 saturated carbocycles. The molecule has 0 bridgehead atoms. The molecule has 4 nitrogen and oxygen atoms in total. The fourth-order valence-corrected chi connectivity index (χ4v) is 2.22. The second kappa shape index (κ2) is 5.89. The zero-order valence-corrected chi connectivity index (χ0v) is 11.4. The second-order valence-corrected chi connectivity index (χ2v) is 4.72. The smallest absolute Gasteiger partial charge is 0.339 e. The summed E-state index contributed by atoms with van der Waals surface area (Å²) in [6.07, 6.45) is 2.60. The number of carbonyl (C=O) groups is 1. The summed E-state index contributed by atoms with van der Waals surface area (Å²) in [7, 11) is 0. The fraction of sp³-hybridized carbons (Fsp3) is 0.286. The van der Waals surface area contributed by atoms with E-state index in [0.717, 1.165) is 12.8 Å². The third-order valence-electron chi connectivity index (χ3n) is 2.96. The molecule has 0 aliphatic heterocycles. The van der Waals surface area contributed by atoms with Gasteiger partial charge in [0.05, 0.1) is 10.7 Å². The minimum Gasteiger partial charge on any atom is -0.478 e. The monoisotopic (exact) mass is 278 g/mol. The van der Waals surface area contributed by atoms with Crippen LogP contribution in [0, 0.1) is 0 Å². The van der Waals surface area contributed by atoms with E-state index in [-0.39, 0.29) is 5.56 Å². The van der Waals surface area contributed by atoms with E-state index < -0.39 is 5.97 Å². The summed E-state index contributed by atoms with van der Waals surface area (Å²) < 4.78 is 0. The predicted molar refractivity (Wildman–Crippen MR) is 74.6 cm³/mol. The van der Waals surface area contributed by atoms with E-state index in [1.165, 1.54) is 0 Å². The largest absolute Gasteiger partial charge is 0.478 e.